The Kier molecular flexibility index (Phi) is 3.96. The van der Waals surface area contributed by atoms with Crippen LogP contribution in [0.3, 0.4) is 0 Å². The first-order chi connectivity index (χ1) is 9.20. The van der Waals surface area contributed by atoms with E-state index in [2.05, 4.69) is 4.98 Å². The highest BCUT2D eigenvalue weighted by molar-refractivity contribution is 14.1. The van der Waals surface area contributed by atoms with Crippen molar-refractivity contribution in [1.29, 1.82) is 0 Å². The molecule has 0 spiro atoms. The van der Waals surface area contributed by atoms with E-state index in [-0.39, 0.29) is 10.6 Å². The summed E-state index contributed by atoms with van der Waals surface area (Å²) >= 11 is 7.61. The van der Waals surface area contributed by atoms with E-state index >= 15 is 0 Å². The molecule has 1 aromatic carbocycles. The summed E-state index contributed by atoms with van der Waals surface area (Å²) in [7, 11) is 0. The summed E-state index contributed by atoms with van der Waals surface area (Å²) in [6.45, 7) is 0. The van der Waals surface area contributed by atoms with Crippen LogP contribution in [-0.2, 0) is 6.18 Å². The molecule has 0 aliphatic carbocycles. The van der Waals surface area contributed by atoms with E-state index < -0.39 is 29.5 Å². The molecule has 0 saturated carbocycles. The molecule has 2 rings (SSSR count). The van der Waals surface area contributed by atoms with Crippen molar-refractivity contribution in [2.45, 2.75) is 6.18 Å². The van der Waals surface area contributed by atoms with Crippen LogP contribution in [-0.4, -0.2) is 16.1 Å². The maximum absolute atomic E-state index is 12.7. The second-order valence-corrected chi connectivity index (χ2v) is 5.22. The van der Waals surface area contributed by atoms with Crippen molar-refractivity contribution in [3.05, 3.63) is 38.2 Å². The molecule has 4 nitrogen and oxygen atoms in total. The van der Waals surface area contributed by atoms with Gasteiger partial charge in [0.25, 0.3) is 0 Å². The molecule has 1 heterocycles. The van der Waals surface area contributed by atoms with E-state index in [0.29, 0.717) is 3.57 Å². The van der Waals surface area contributed by atoms with Crippen molar-refractivity contribution in [2.24, 2.45) is 0 Å². The zero-order valence-electron chi connectivity index (χ0n) is 9.33. The van der Waals surface area contributed by atoms with Crippen LogP contribution in [0.4, 0.5) is 13.2 Å². The molecule has 0 aliphatic rings. The minimum Gasteiger partial charge on any atom is -0.475 e. The van der Waals surface area contributed by atoms with Crippen LogP contribution in [0.15, 0.2) is 22.6 Å². The van der Waals surface area contributed by atoms with Gasteiger partial charge in [-0.1, -0.05) is 11.6 Å². The lowest BCUT2D eigenvalue weighted by atomic mass is 10.2. The molecule has 1 N–H and O–H groups in total. The summed E-state index contributed by atoms with van der Waals surface area (Å²) in [6, 6.07) is 4.44. The van der Waals surface area contributed by atoms with E-state index in [1.165, 1.54) is 6.07 Å². The third-order valence-electron chi connectivity index (χ3n) is 2.25. The number of hydrogen-bond acceptors (Lipinski definition) is 3. The molecule has 106 valence electrons. The van der Waals surface area contributed by atoms with E-state index in [4.69, 9.17) is 21.1 Å². The van der Waals surface area contributed by atoms with Crippen LogP contribution in [0.5, 0.6) is 0 Å². The van der Waals surface area contributed by atoms with Crippen LogP contribution < -0.4 is 0 Å². The Morgan fingerprint density at radius 3 is 2.55 bits per heavy atom. The van der Waals surface area contributed by atoms with Gasteiger partial charge in [0.15, 0.2) is 5.69 Å². The van der Waals surface area contributed by atoms with Crippen LogP contribution >= 0.6 is 34.2 Å². The lowest BCUT2D eigenvalue weighted by Gasteiger charge is -2.01. The van der Waals surface area contributed by atoms with Gasteiger partial charge in [0.05, 0.1) is 5.56 Å². The molecular weight excluding hydrogens is 413 g/mol. The van der Waals surface area contributed by atoms with Gasteiger partial charge in [-0.15, -0.1) is 0 Å². The highest BCUT2D eigenvalue weighted by Gasteiger charge is 2.41. The Morgan fingerprint density at radius 1 is 1.40 bits per heavy atom. The zero-order valence-corrected chi connectivity index (χ0v) is 12.2. The average Bonchev–Trinajstić information content (AvgIpc) is 2.77. The van der Waals surface area contributed by atoms with Crippen LogP contribution in [0.1, 0.15) is 16.2 Å². The Balaban J connectivity index is 2.65. The third-order valence-corrected chi connectivity index (χ3v) is 3.42. The number of carboxylic acid groups (broad SMARTS) is 1. The van der Waals surface area contributed by atoms with Crippen LogP contribution in [0, 0.1) is 3.57 Å². The Hall–Kier alpha value is -1.29. The molecule has 20 heavy (non-hydrogen) atoms. The van der Waals surface area contributed by atoms with Gasteiger partial charge in [-0.3, -0.25) is 0 Å². The van der Waals surface area contributed by atoms with E-state index in [1.807, 2.05) is 22.6 Å². The molecule has 0 unspecified atom stereocenters. The minimum atomic E-state index is -4.92. The molecular formula is C11H4ClF3INO3. The summed E-state index contributed by atoms with van der Waals surface area (Å²) in [5.74, 6) is -3.53. The predicted molar refractivity (Wildman–Crippen MR) is 71.6 cm³/mol. The van der Waals surface area contributed by atoms with Crippen molar-refractivity contribution in [3.63, 3.8) is 0 Å². The zero-order chi connectivity index (χ0) is 15.1. The van der Waals surface area contributed by atoms with Crippen molar-refractivity contribution in [1.82, 2.24) is 4.98 Å². The number of alkyl halides is 3. The first-order valence-electron chi connectivity index (χ1n) is 4.97. The van der Waals surface area contributed by atoms with Gasteiger partial charge < -0.3 is 9.52 Å². The second-order valence-electron chi connectivity index (χ2n) is 3.62. The SMILES string of the molecule is O=C(O)c1oc(-c2cc(Cl)ccc2I)nc1C(F)(F)F. The van der Waals surface area contributed by atoms with Crippen molar-refractivity contribution in [2.75, 3.05) is 0 Å². The predicted octanol–water partition coefficient (Wildman–Crippen LogP) is 4.32. The number of benzene rings is 1. The number of oxazole rings is 1. The van der Waals surface area contributed by atoms with Gasteiger partial charge in [0, 0.05) is 8.59 Å². The number of rotatable bonds is 2. The van der Waals surface area contributed by atoms with Gasteiger partial charge in [0.1, 0.15) is 0 Å². The fourth-order valence-corrected chi connectivity index (χ4v) is 2.17. The number of halogens is 5. The molecule has 1 aromatic heterocycles. The summed E-state index contributed by atoms with van der Waals surface area (Å²) in [5, 5.41) is 9.02. The fourth-order valence-electron chi connectivity index (χ4n) is 1.43. The quantitative estimate of drug-likeness (QED) is 0.740. The Morgan fingerprint density at radius 2 is 2.05 bits per heavy atom. The number of nitrogens with zero attached hydrogens (tertiary/aromatic N) is 1. The summed E-state index contributed by atoms with van der Waals surface area (Å²) < 4.78 is 43.4. The first-order valence-corrected chi connectivity index (χ1v) is 6.42. The largest absolute Gasteiger partial charge is 0.475 e. The van der Waals surface area contributed by atoms with Crippen LogP contribution in [0.2, 0.25) is 5.02 Å². The smallest absolute Gasteiger partial charge is 0.437 e. The number of carboxylic acids is 1. The molecule has 0 bridgehead atoms. The van der Waals surface area contributed by atoms with E-state index in [9.17, 15) is 18.0 Å². The molecule has 0 fully saturated rings. The van der Waals surface area contributed by atoms with Gasteiger partial charge >= 0.3 is 12.1 Å². The lowest BCUT2D eigenvalue weighted by Crippen LogP contribution is -2.11. The topological polar surface area (TPSA) is 63.3 Å². The van der Waals surface area contributed by atoms with Crippen molar-refractivity contribution >= 4 is 40.2 Å². The maximum atomic E-state index is 12.7. The van der Waals surface area contributed by atoms with Gasteiger partial charge in [-0.25, -0.2) is 9.78 Å². The molecule has 0 radical (unpaired) electrons. The van der Waals surface area contributed by atoms with Crippen molar-refractivity contribution < 1.29 is 27.5 Å². The standard InChI is InChI=1S/C11H4ClF3INO3/c12-4-1-2-6(16)5(3-4)9-17-8(11(13,14)15)7(20-9)10(18)19/h1-3H,(H,18,19). The highest BCUT2D eigenvalue weighted by Crippen LogP contribution is 2.36. The Labute approximate surface area is 128 Å². The van der Waals surface area contributed by atoms with Gasteiger partial charge in [0.2, 0.25) is 11.7 Å². The summed E-state index contributed by atoms with van der Waals surface area (Å²) in [4.78, 5) is 14.0. The number of aromatic carboxylic acids is 1. The molecule has 0 aliphatic heterocycles. The van der Waals surface area contributed by atoms with Gasteiger partial charge in [-0.05, 0) is 40.8 Å². The minimum absolute atomic E-state index is 0.191. The number of hydrogen-bond donors (Lipinski definition) is 1. The molecule has 0 atom stereocenters. The number of aromatic nitrogens is 1. The summed E-state index contributed by atoms with van der Waals surface area (Å²) in [6.07, 6.45) is -4.92. The molecule has 0 amide bonds. The third kappa shape index (κ3) is 2.90. The normalized spacial score (nSPS) is 11.7. The first kappa shape index (κ1) is 15.1. The van der Waals surface area contributed by atoms with E-state index in [1.54, 1.807) is 12.1 Å². The molecule has 2 aromatic rings. The van der Waals surface area contributed by atoms with Crippen LogP contribution in [0.25, 0.3) is 11.5 Å². The molecule has 0 saturated heterocycles. The molecule has 9 heteroatoms. The fraction of sp³-hybridized carbons (Fsp3) is 0.0909. The average molecular weight is 418 g/mol. The lowest BCUT2D eigenvalue weighted by molar-refractivity contribution is -0.141. The van der Waals surface area contributed by atoms with E-state index in [0.717, 1.165) is 0 Å². The highest BCUT2D eigenvalue weighted by atomic mass is 127. The second kappa shape index (κ2) is 5.24. The van der Waals surface area contributed by atoms with Crippen molar-refractivity contribution in [3.8, 4) is 11.5 Å². The Bertz CT molecular complexity index is 684. The number of carbonyl (C=O) groups is 1. The maximum Gasteiger partial charge on any atom is 0.437 e. The monoisotopic (exact) mass is 417 g/mol. The van der Waals surface area contributed by atoms with Gasteiger partial charge in [-0.2, -0.15) is 13.2 Å². The summed E-state index contributed by atoms with van der Waals surface area (Å²) in [5.41, 5.74) is -1.38.